The molecule has 2 heterocycles. The molecule has 1 aromatic carbocycles. The van der Waals surface area contributed by atoms with E-state index in [4.69, 9.17) is 0 Å². The Kier molecular flexibility index (Phi) is 1.60. The van der Waals surface area contributed by atoms with Gasteiger partial charge in [-0.1, -0.05) is 30.3 Å². The summed E-state index contributed by atoms with van der Waals surface area (Å²) in [4.78, 5) is 13.6. The maximum absolute atomic E-state index is 11.8. The Labute approximate surface area is 93.7 Å². The van der Waals surface area contributed by atoms with Gasteiger partial charge >= 0.3 is 0 Å². The van der Waals surface area contributed by atoms with Gasteiger partial charge < -0.3 is 4.90 Å². The van der Waals surface area contributed by atoms with Gasteiger partial charge in [-0.05, 0) is 12.5 Å². The Balaban J connectivity index is 2.10. The Morgan fingerprint density at radius 3 is 2.47 bits per heavy atom. The Bertz CT molecular complexity index is 433. The normalized spacial score (nSPS) is 38.0. The number of carbonyl (C=O) groups is 1. The largest absolute Gasteiger partial charge is 0.325 e. The van der Waals surface area contributed by atoms with Crippen molar-refractivity contribution in [3.8, 4) is 0 Å². The first-order valence-corrected chi connectivity index (χ1v) is 6.09. The van der Waals surface area contributed by atoms with E-state index in [-0.39, 0.29) is 16.2 Å². The predicted octanol–water partition coefficient (Wildman–Crippen LogP) is 2.06. The lowest BCUT2D eigenvalue weighted by molar-refractivity contribution is -0.174. The summed E-state index contributed by atoms with van der Waals surface area (Å²) in [5, 5.41) is 0. The van der Waals surface area contributed by atoms with E-state index in [0.29, 0.717) is 0 Å². The minimum atomic E-state index is -0.159. The first-order chi connectivity index (χ1) is 7.13. The SMILES string of the molecule is CN1C(=O)C2(C)CSC12c1ccccc1. The number of nitrogens with zero attached hydrogens (tertiary/aromatic N) is 1. The fourth-order valence-corrected chi connectivity index (χ4v) is 4.46. The molecule has 0 bridgehead atoms. The second kappa shape index (κ2) is 2.59. The average molecular weight is 219 g/mol. The van der Waals surface area contributed by atoms with Gasteiger partial charge in [0, 0.05) is 12.8 Å². The van der Waals surface area contributed by atoms with E-state index in [2.05, 4.69) is 19.1 Å². The van der Waals surface area contributed by atoms with E-state index in [0.717, 1.165) is 5.75 Å². The number of amides is 1. The molecule has 1 aromatic rings. The molecule has 2 saturated heterocycles. The monoisotopic (exact) mass is 219 g/mol. The fourth-order valence-electron chi connectivity index (χ4n) is 2.82. The third-order valence-corrected chi connectivity index (χ3v) is 5.83. The first kappa shape index (κ1) is 9.28. The van der Waals surface area contributed by atoms with Crippen LogP contribution in [0, 0.1) is 5.41 Å². The highest BCUT2D eigenvalue weighted by atomic mass is 32.2. The maximum atomic E-state index is 11.8. The summed E-state index contributed by atoms with van der Waals surface area (Å²) in [5.74, 6) is 1.23. The van der Waals surface area contributed by atoms with Crippen LogP contribution in [-0.4, -0.2) is 23.6 Å². The number of β-lactam (4-membered cyclic amide) rings is 1. The third kappa shape index (κ3) is 0.783. The molecule has 0 radical (unpaired) electrons. The van der Waals surface area contributed by atoms with Gasteiger partial charge in [0.1, 0.15) is 4.87 Å². The number of carbonyl (C=O) groups excluding carboxylic acids is 1. The molecule has 3 rings (SSSR count). The second-order valence-corrected chi connectivity index (χ2v) is 5.66. The molecule has 0 aromatic heterocycles. The van der Waals surface area contributed by atoms with Gasteiger partial charge in [0.15, 0.2) is 0 Å². The van der Waals surface area contributed by atoms with Gasteiger partial charge in [-0.2, -0.15) is 0 Å². The molecule has 2 fully saturated rings. The molecule has 3 heteroatoms. The highest BCUT2D eigenvalue weighted by Crippen LogP contribution is 2.70. The molecule has 2 unspecified atom stereocenters. The van der Waals surface area contributed by atoms with Crippen molar-refractivity contribution < 1.29 is 4.79 Å². The topological polar surface area (TPSA) is 20.3 Å². The van der Waals surface area contributed by atoms with Crippen molar-refractivity contribution in [2.24, 2.45) is 5.41 Å². The molecule has 2 aliphatic rings. The van der Waals surface area contributed by atoms with Crippen LogP contribution in [0.15, 0.2) is 30.3 Å². The number of hydrogen-bond donors (Lipinski definition) is 0. The van der Waals surface area contributed by atoms with Gasteiger partial charge in [-0.15, -0.1) is 11.8 Å². The van der Waals surface area contributed by atoms with Crippen molar-refractivity contribution in [1.29, 1.82) is 0 Å². The molecule has 0 spiro atoms. The van der Waals surface area contributed by atoms with Crippen LogP contribution in [0.5, 0.6) is 0 Å². The van der Waals surface area contributed by atoms with Crippen LogP contribution in [0.1, 0.15) is 12.5 Å². The smallest absolute Gasteiger partial charge is 0.234 e. The van der Waals surface area contributed by atoms with E-state index in [1.54, 1.807) is 0 Å². The number of hydrogen-bond acceptors (Lipinski definition) is 2. The maximum Gasteiger partial charge on any atom is 0.234 e. The summed E-state index contributed by atoms with van der Waals surface area (Å²) < 4.78 is 0. The molecule has 0 saturated carbocycles. The van der Waals surface area contributed by atoms with Crippen LogP contribution in [-0.2, 0) is 9.67 Å². The molecule has 2 nitrogen and oxygen atoms in total. The minimum absolute atomic E-state index is 0.0780. The van der Waals surface area contributed by atoms with Crippen LogP contribution >= 0.6 is 11.8 Å². The molecule has 1 amide bonds. The van der Waals surface area contributed by atoms with E-state index in [1.807, 2.05) is 41.9 Å². The fraction of sp³-hybridized carbons (Fsp3) is 0.417. The van der Waals surface area contributed by atoms with Gasteiger partial charge in [-0.3, -0.25) is 4.79 Å². The predicted molar refractivity (Wildman–Crippen MR) is 61.5 cm³/mol. The lowest BCUT2D eigenvalue weighted by Crippen LogP contribution is -2.78. The van der Waals surface area contributed by atoms with Crippen LogP contribution in [0.25, 0.3) is 0 Å². The van der Waals surface area contributed by atoms with Gasteiger partial charge in [0.2, 0.25) is 5.91 Å². The second-order valence-electron chi connectivity index (χ2n) is 4.49. The van der Waals surface area contributed by atoms with E-state index in [1.165, 1.54) is 5.56 Å². The van der Waals surface area contributed by atoms with E-state index >= 15 is 0 Å². The summed E-state index contributed by atoms with van der Waals surface area (Å²) in [5.41, 5.74) is 1.10. The highest BCUT2D eigenvalue weighted by Gasteiger charge is 2.74. The van der Waals surface area contributed by atoms with Crippen molar-refractivity contribution in [3.05, 3.63) is 35.9 Å². The molecule has 2 aliphatic heterocycles. The zero-order valence-electron chi connectivity index (χ0n) is 8.86. The Morgan fingerprint density at radius 2 is 2.00 bits per heavy atom. The van der Waals surface area contributed by atoms with Gasteiger partial charge in [0.05, 0.1) is 5.41 Å². The minimum Gasteiger partial charge on any atom is -0.325 e. The molecule has 78 valence electrons. The van der Waals surface area contributed by atoms with E-state index in [9.17, 15) is 4.79 Å². The van der Waals surface area contributed by atoms with Crippen LogP contribution < -0.4 is 0 Å². The number of thioether (sulfide) groups is 1. The van der Waals surface area contributed by atoms with Crippen LogP contribution in [0.3, 0.4) is 0 Å². The van der Waals surface area contributed by atoms with Crippen molar-refractivity contribution in [3.63, 3.8) is 0 Å². The average Bonchev–Trinajstić information content (AvgIpc) is 2.27. The number of rotatable bonds is 1. The van der Waals surface area contributed by atoms with Crippen molar-refractivity contribution >= 4 is 17.7 Å². The number of benzene rings is 1. The summed E-state index contributed by atoms with van der Waals surface area (Å²) in [6, 6.07) is 10.3. The molecule has 2 atom stereocenters. The summed E-state index contributed by atoms with van der Waals surface area (Å²) >= 11 is 1.87. The van der Waals surface area contributed by atoms with Crippen molar-refractivity contribution in [2.75, 3.05) is 12.8 Å². The van der Waals surface area contributed by atoms with Crippen molar-refractivity contribution in [1.82, 2.24) is 4.90 Å². The Hall–Kier alpha value is -0.960. The third-order valence-electron chi connectivity index (χ3n) is 3.73. The summed E-state index contributed by atoms with van der Waals surface area (Å²) in [6.07, 6.45) is 0. The first-order valence-electron chi connectivity index (χ1n) is 5.11. The zero-order valence-corrected chi connectivity index (χ0v) is 9.67. The summed E-state index contributed by atoms with van der Waals surface area (Å²) in [7, 11) is 1.91. The molecular formula is C12H13NOS. The van der Waals surface area contributed by atoms with Gasteiger partial charge in [0.25, 0.3) is 0 Å². The molecule has 15 heavy (non-hydrogen) atoms. The summed E-state index contributed by atoms with van der Waals surface area (Å²) in [6.45, 7) is 2.08. The lowest BCUT2D eigenvalue weighted by Gasteiger charge is -2.69. The Morgan fingerprint density at radius 1 is 1.33 bits per heavy atom. The quantitative estimate of drug-likeness (QED) is 0.674. The zero-order chi connectivity index (χ0) is 10.7. The van der Waals surface area contributed by atoms with Crippen molar-refractivity contribution in [2.45, 2.75) is 11.8 Å². The van der Waals surface area contributed by atoms with Crippen LogP contribution in [0.2, 0.25) is 0 Å². The standard InChI is InChI=1S/C12H13NOS/c1-11-8-15-12(11,13(2)10(11)14)9-6-4-3-5-7-9/h3-7H,8H2,1-2H3. The highest BCUT2D eigenvalue weighted by molar-refractivity contribution is 8.02. The molecule has 0 aliphatic carbocycles. The molecule has 0 N–H and O–H groups in total. The van der Waals surface area contributed by atoms with Gasteiger partial charge in [-0.25, -0.2) is 0 Å². The van der Waals surface area contributed by atoms with E-state index < -0.39 is 0 Å². The lowest BCUT2D eigenvalue weighted by atomic mass is 9.69. The number of fused-ring (bicyclic) bond motifs is 1. The number of likely N-dealkylation sites (tertiary alicyclic amines) is 1. The van der Waals surface area contributed by atoms with Crippen LogP contribution in [0.4, 0.5) is 0 Å². The molecular weight excluding hydrogens is 206 g/mol.